The molecule has 1 rings (SSSR count). The zero-order valence-electron chi connectivity index (χ0n) is 22.2. The fourth-order valence-corrected chi connectivity index (χ4v) is 3.94. The highest BCUT2D eigenvalue weighted by Crippen LogP contribution is 2.29. The van der Waals surface area contributed by atoms with Gasteiger partial charge in [0.25, 0.3) is 0 Å². The summed E-state index contributed by atoms with van der Waals surface area (Å²) in [5.74, 6) is -0.482. The Kier molecular flexibility index (Phi) is 14.5. The number of ether oxygens (including phenoxy) is 3. The molecule has 0 aromatic rings. The van der Waals surface area contributed by atoms with Crippen LogP contribution in [0.2, 0.25) is 0 Å². The normalized spacial score (nSPS) is 27.9. The van der Waals surface area contributed by atoms with Crippen molar-refractivity contribution in [1.82, 2.24) is 0 Å². The van der Waals surface area contributed by atoms with Gasteiger partial charge in [0.2, 0.25) is 0 Å². The average Bonchev–Trinajstić information content (AvgIpc) is 2.87. The molecule has 0 aromatic carbocycles. The van der Waals surface area contributed by atoms with E-state index in [1.54, 1.807) is 19.9 Å². The Morgan fingerprint density at radius 2 is 1.78 bits per heavy atom. The van der Waals surface area contributed by atoms with E-state index in [0.717, 1.165) is 11.1 Å². The summed E-state index contributed by atoms with van der Waals surface area (Å²) in [6.07, 6.45) is 1.85. The van der Waals surface area contributed by atoms with Crippen LogP contribution in [0.25, 0.3) is 0 Å². The van der Waals surface area contributed by atoms with Crippen molar-refractivity contribution in [2.24, 2.45) is 0 Å². The average molecular weight is 529 g/mol. The molecule has 0 aromatic heterocycles. The van der Waals surface area contributed by atoms with Crippen molar-refractivity contribution in [3.05, 3.63) is 47.6 Å². The lowest BCUT2D eigenvalue weighted by molar-refractivity contribution is -0.319. The van der Waals surface area contributed by atoms with Crippen molar-refractivity contribution in [2.45, 2.75) is 95.3 Å². The molecule has 1 aliphatic rings. The van der Waals surface area contributed by atoms with Gasteiger partial charge < -0.3 is 44.8 Å². The number of aliphatic hydroxyl groups excluding tert-OH is 6. The summed E-state index contributed by atoms with van der Waals surface area (Å²) in [5, 5.41) is 59.4. The quantitative estimate of drug-likeness (QED) is 0.103. The van der Waals surface area contributed by atoms with Gasteiger partial charge in [-0.1, -0.05) is 23.8 Å². The Hall–Kier alpha value is -1.89. The molecule has 1 heterocycles. The first-order valence-electron chi connectivity index (χ1n) is 12.4. The highest BCUT2D eigenvalue weighted by atomic mass is 16.7. The van der Waals surface area contributed by atoms with Crippen LogP contribution in [0.1, 0.15) is 52.9 Å². The van der Waals surface area contributed by atoms with Crippen molar-refractivity contribution >= 4 is 5.97 Å². The third-order valence-corrected chi connectivity index (χ3v) is 6.38. The fourth-order valence-electron chi connectivity index (χ4n) is 3.94. The van der Waals surface area contributed by atoms with Gasteiger partial charge in [-0.2, -0.15) is 0 Å². The molecule has 0 bridgehead atoms. The Labute approximate surface area is 219 Å². The third kappa shape index (κ3) is 10.8. The molecule has 10 nitrogen and oxygen atoms in total. The van der Waals surface area contributed by atoms with E-state index >= 15 is 0 Å². The van der Waals surface area contributed by atoms with Crippen LogP contribution in [-0.2, 0) is 19.0 Å². The molecule has 212 valence electrons. The molecule has 1 saturated heterocycles. The molecule has 7 atom stereocenters. The van der Waals surface area contributed by atoms with Crippen molar-refractivity contribution in [3.63, 3.8) is 0 Å². The minimum absolute atomic E-state index is 0.116. The maximum absolute atomic E-state index is 11.4. The second kappa shape index (κ2) is 16.2. The number of methoxy groups -OCH3 is 1. The first-order chi connectivity index (χ1) is 17.4. The zero-order valence-corrected chi connectivity index (χ0v) is 22.2. The molecular formula is C27H44O10. The summed E-state index contributed by atoms with van der Waals surface area (Å²) in [6.45, 7) is 8.33. The van der Waals surface area contributed by atoms with Gasteiger partial charge in [-0.25, -0.2) is 4.79 Å². The lowest BCUT2D eigenvalue weighted by Gasteiger charge is -2.42. The van der Waals surface area contributed by atoms with Crippen molar-refractivity contribution in [3.8, 4) is 0 Å². The SMILES string of the molecule is C=CC(C)(CCC=C(CO)CCC=C(C)CC(O)C=C(C)C(=O)OC)OC1OC(CO)C(O)C(O)C1O. The molecular weight excluding hydrogens is 484 g/mol. The van der Waals surface area contributed by atoms with Crippen molar-refractivity contribution in [2.75, 3.05) is 20.3 Å². The van der Waals surface area contributed by atoms with Crippen molar-refractivity contribution < 1.29 is 49.6 Å². The van der Waals surface area contributed by atoms with Crippen LogP contribution >= 0.6 is 0 Å². The highest BCUT2D eigenvalue weighted by molar-refractivity contribution is 5.87. The van der Waals surface area contributed by atoms with Crippen LogP contribution in [0.3, 0.4) is 0 Å². The number of esters is 1. The largest absolute Gasteiger partial charge is 0.466 e. The summed E-state index contributed by atoms with van der Waals surface area (Å²) in [4.78, 5) is 11.4. The smallest absolute Gasteiger partial charge is 0.333 e. The van der Waals surface area contributed by atoms with E-state index in [4.69, 9.17) is 9.47 Å². The van der Waals surface area contributed by atoms with E-state index < -0.39 is 55.0 Å². The summed E-state index contributed by atoms with van der Waals surface area (Å²) < 4.78 is 15.9. The van der Waals surface area contributed by atoms with Crippen LogP contribution in [0, 0.1) is 0 Å². The van der Waals surface area contributed by atoms with Crippen LogP contribution in [0.4, 0.5) is 0 Å². The number of rotatable bonds is 15. The minimum atomic E-state index is -1.53. The molecule has 0 aliphatic carbocycles. The number of carbonyl (C=O) groups is 1. The van der Waals surface area contributed by atoms with Gasteiger partial charge in [0.05, 0.1) is 32.0 Å². The summed E-state index contributed by atoms with van der Waals surface area (Å²) >= 11 is 0. The number of hydrogen-bond acceptors (Lipinski definition) is 10. The Morgan fingerprint density at radius 1 is 1.11 bits per heavy atom. The van der Waals surface area contributed by atoms with E-state index in [2.05, 4.69) is 11.3 Å². The van der Waals surface area contributed by atoms with E-state index in [1.807, 2.05) is 19.1 Å². The topological polar surface area (TPSA) is 166 Å². The standard InChI is InChI=1S/C27H44O10/c1-6-27(4,37-26-24(33)23(32)22(31)21(16-29)36-26)12-8-11-19(15-28)10-7-9-17(2)13-20(30)14-18(3)25(34)35-5/h6,9,11,14,20-24,26,28-33H,1,7-8,10,12-13,15-16H2,2-5H3. The zero-order chi connectivity index (χ0) is 28.2. The van der Waals surface area contributed by atoms with Crippen LogP contribution in [-0.4, -0.2) is 99.3 Å². The number of aliphatic hydroxyl groups is 6. The molecule has 6 N–H and O–H groups in total. The lowest BCUT2D eigenvalue weighted by Crippen LogP contribution is -2.60. The summed E-state index contributed by atoms with van der Waals surface area (Å²) in [7, 11) is 1.29. The molecule has 1 aliphatic heterocycles. The molecule has 7 unspecified atom stereocenters. The first kappa shape index (κ1) is 33.1. The van der Waals surface area contributed by atoms with E-state index in [-0.39, 0.29) is 6.61 Å². The Balaban J connectivity index is 2.64. The predicted octanol–water partition coefficient (Wildman–Crippen LogP) is 1.04. The minimum Gasteiger partial charge on any atom is -0.466 e. The van der Waals surface area contributed by atoms with E-state index in [0.29, 0.717) is 37.7 Å². The number of allylic oxidation sites excluding steroid dienone is 2. The maximum atomic E-state index is 11.4. The van der Waals surface area contributed by atoms with Crippen LogP contribution in [0.5, 0.6) is 0 Å². The van der Waals surface area contributed by atoms with Gasteiger partial charge in [-0.3, -0.25) is 0 Å². The molecule has 0 radical (unpaired) electrons. The van der Waals surface area contributed by atoms with Gasteiger partial charge in [-0.15, -0.1) is 6.58 Å². The van der Waals surface area contributed by atoms with Gasteiger partial charge in [-0.05, 0) is 64.5 Å². The van der Waals surface area contributed by atoms with Crippen LogP contribution < -0.4 is 0 Å². The van der Waals surface area contributed by atoms with E-state index in [9.17, 15) is 35.4 Å². The first-order valence-corrected chi connectivity index (χ1v) is 12.4. The highest BCUT2D eigenvalue weighted by Gasteiger charge is 2.45. The van der Waals surface area contributed by atoms with E-state index in [1.165, 1.54) is 13.2 Å². The molecule has 0 saturated carbocycles. The fraction of sp³-hybridized carbons (Fsp3) is 0.667. The second-order valence-corrected chi connectivity index (χ2v) is 9.59. The second-order valence-electron chi connectivity index (χ2n) is 9.59. The maximum Gasteiger partial charge on any atom is 0.333 e. The molecule has 0 amide bonds. The molecule has 10 heteroatoms. The lowest BCUT2D eigenvalue weighted by atomic mass is 9.96. The van der Waals surface area contributed by atoms with Crippen molar-refractivity contribution in [1.29, 1.82) is 0 Å². The van der Waals surface area contributed by atoms with Crippen LogP contribution in [0.15, 0.2) is 47.6 Å². The molecule has 37 heavy (non-hydrogen) atoms. The van der Waals surface area contributed by atoms with Gasteiger partial charge >= 0.3 is 5.97 Å². The molecule has 1 fully saturated rings. The Bertz CT molecular complexity index is 818. The predicted molar refractivity (Wildman–Crippen MR) is 137 cm³/mol. The number of carbonyl (C=O) groups excluding carboxylic acids is 1. The van der Waals surface area contributed by atoms with Gasteiger partial charge in [0.15, 0.2) is 6.29 Å². The van der Waals surface area contributed by atoms with Gasteiger partial charge in [0, 0.05) is 5.57 Å². The van der Waals surface area contributed by atoms with Gasteiger partial charge in [0.1, 0.15) is 24.4 Å². The number of hydrogen-bond donors (Lipinski definition) is 6. The molecule has 0 spiro atoms. The third-order valence-electron chi connectivity index (χ3n) is 6.38. The Morgan fingerprint density at radius 3 is 2.35 bits per heavy atom. The monoisotopic (exact) mass is 528 g/mol. The summed E-state index contributed by atoms with van der Waals surface area (Å²) in [5.41, 5.74) is 1.17. The summed E-state index contributed by atoms with van der Waals surface area (Å²) in [6, 6.07) is 0.